The van der Waals surface area contributed by atoms with Crippen LogP contribution in [-0.4, -0.2) is 58.6 Å². The van der Waals surface area contributed by atoms with Gasteiger partial charge < -0.3 is 23.5 Å². The van der Waals surface area contributed by atoms with Crippen LogP contribution in [0.5, 0.6) is 0 Å². The standard InChI is InChI=1S/C19H23IO8S/c1-11(21)26-16-10-25-19(18(28-13(3)23)17(16)27-12(2)22)29(24)9-8-14-6-4-5-7-15(14)20/h4-7,16-19H,8-10H2,1-3H3/t16-,17+,18+,19?,29?/m1/s1. The largest absolute Gasteiger partial charge is 0.614 e. The first-order valence-electron chi connectivity index (χ1n) is 8.93. The van der Waals surface area contributed by atoms with Crippen molar-refractivity contribution in [2.75, 3.05) is 12.4 Å². The summed E-state index contributed by atoms with van der Waals surface area (Å²) in [5.74, 6) is -1.64. The van der Waals surface area contributed by atoms with Crippen LogP contribution < -0.4 is 0 Å². The van der Waals surface area contributed by atoms with Crippen LogP contribution in [0.2, 0.25) is 0 Å². The molecule has 5 atom stereocenters. The van der Waals surface area contributed by atoms with Crippen molar-refractivity contribution < 1.29 is 37.9 Å². The molecule has 0 amide bonds. The van der Waals surface area contributed by atoms with E-state index >= 15 is 0 Å². The first-order chi connectivity index (χ1) is 13.7. The van der Waals surface area contributed by atoms with Gasteiger partial charge in [-0.25, -0.2) is 0 Å². The summed E-state index contributed by atoms with van der Waals surface area (Å²) in [7, 11) is 0. The van der Waals surface area contributed by atoms with Crippen LogP contribution in [0.15, 0.2) is 24.3 Å². The molecule has 0 spiro atoms. The lowest BCUT2D eigenvalue weighted by Gasteiger charge is -2.40. The molecule has 1 aromatic rings. The van der Waals surface area contributed by atoms with Gasteiger partial charge in [-0.1, -0.05) is 18.2 Å². The molecule has 0 saturated carbocycles. The number of benzene rings is 1. The Morgan fingerprint density at radius 1 is 1.07 bits per heavy atom. The van der Waals surface area contributed by atoms with Gasteiger partial charge in [-0.3, -0.25) is 14.4 Å². The van der Waals surface area contributed by atoms with E-state index in [4.69, 9.17) is 18.9 Å². The van der Waals surface area contributed by atoms with Crippen LogP contribution in [0, 0.1) is 3.57 Å². The van der Waals surface area contributed by atoms with Gasteiger partial charge in [0.05, 0.1) is 6.61 Å². The molecular weight excluding hydrogens is 515 g/mol. The van der Waals surface area contributed by atoms with Gasteiger partial charge in [0.2, 0.25) is 6.10 Å². The van der Waals surface area contributed by atoms with Crippen molar-refractivity contribution in [1.82, 2.24) is 0 Å². The van der Waals surface area contributed by atoms with Gasteiger partial charge >= 0.3 is 17.9 Å². The second-order valence-corrected chi connectivity index (χ2v) is 9.22. The summed E-state index contributed by atoms with van der Waals surface area (Å²) in [6.45, 7) is 3.45. The van der Waals surface area contributed by atoms with Crippen LogP contribution in [0.3, 0.4) is 0 Å². The molecule has 10 heteroatoms. The number of hydrogen-bond donors (Lipinski definition) is 0. The fraction of sp³-hybridized carbons (Fsp3) is 0.526. The number of ether oxygens (including phenoxy) is 4. The Morgan fingerprint density at radius 2 is 1.66 bits per heavy atom. The predicted molar refractivity (Wildman–Crippen MR) is 112 cm³/mol. The Kier molecular flexibility index (Phi) is 9.18. The highest BCUT2D eigenvalue weighted by atomic mass is 127. The van der Waals surface area contributed by atoms with Gasteiger partial charge in [0.15, 0.2) is 12.2 Å². The van der Waals surface area contributed by atoms with Gasteiger partial charge in [-0.2, -0.15) is 0 Å². The maximum absolute atomic E-state index is 13.0. The molecule has 1 aromatic carbocycles. The zero-order valence-corrected chi connectivity index (χ0v) is 19.3. The molecule has 0 radical (unpaired) electrons. The van der Waals surface area contributed by atoms with Crippen molar-refractivity contribution >= 4 is 51.7 Å². The number of carbonyl (C=O) groups excluding carboxylic acids is 3. The lowest BCUT2D eigenvalue weighted by molar-refractivity contribution is -0.214. The zero-order valence-electron chi connectivity index (χ0n) is 16.3. The molecule has 8 nitrogen and oxygen atoms in total. The summed E-state index contributed by atoms with van der Waals surface area (Å²) in [6.07, 6.45) is -2.71. The predicted octanol–water partition coefficient (Wildman–Crippen LogP) is 1.73. The highest BCUT2D eigenvalue weighted by Gasteiger charge is 2.51. The second-order valence-electron chi connectivity index (χ2n) is 6.42. The monoisotopic (exact) mass is 538 g/mol. The molecule has 160 valence electrons. The van der Waals surface area contributed by atoms with E-state index in [-0.39, 0.29) is 12.4 Å². The molecule has 1 aliphatic heterocycles. The summed E-state index contributed by atoms with van der Waals surface area (Å²) in [5, 5.41) is 0. The number of carbonyl (C=O) groups is 3. The summed E-state index contributed by atoms with van der Waals surface area (Å²) in [4.78, 5) is 34.6. The Balaban J connectivity index is 2.19. The van der Waals surface area contributed by atoms with Gasteiger partial charge in [0.1, 0.15) is 5.75 Å². The molecule has 1 saturated heterocycles. The van der Waals surface area contributed by atoms with Gasteiger partial charge in [0, 0.05) is 30.8 Å². The molecule has 1 aliphatic rings. The van der Waals surface area contributed by atoms with E-state index in [1.54, 1.807) is 0 Å². The molecule has 0 aliphatic carbocycles. The van der Waals surface area contributed by atoms with E-state index < -0.39 is 52.8 Å². The molecular formula is C19H23IO8S. The number of hydrogen-bond acceptors (Lipinski definition) is 8. The Bertz CT molecular complexity index is 743. The van der Waals surface area contributed by atoms with Crippen molar-refractivity contribution in [3.05, 3.63) is 33.4 Å². The first-order valence-corrected chi connectivity index (χ1v) is 11.4. The number of aryl methyl sites for hydroxylation is 1. The molecule has 1 fully saturated rings. The van der Waals surface area contributed by atoms with E-state index in [2.05, 4.69) is 22.6 Å². The molecule has 2 rings (SSSR count). The highest BCUT2D eigenvalue weighted by molar-refractivity contribution is 14.1. The normalized spacial score (nSPS) is 25.0. The topological polar surface area (TPSA) is 111 Å². The molecule has 0 aromatic heterocycles. The van der Waals surface area contributed by atoms with E-state index in [0.29, 0.717) is 6.42 Å². The van der Waals surface area contributed by atoms with Crippen LogP contribution >= 0.6 is 22.6 Å². The third kappa shape index (κ3) is 7.12. The average molecular weight is 538 g/mol. The van der Waals surface area contributed by atoms with Crippen molar-refractivity contribution in [2.24, 2.45) is 0 Å². The van der Waals surface area contributed by atoms with E-state index in [1.807, 2.05) is 24.3 Å². The zero-order chi connectivity index (χ0) is 21.6. The fourth-order valence-corrected chi connectivity index (χ4v) is 5.01. The SMILES string of the molecule is CC(=O)O[C@@H]1[C@H](OC(C)=O)C([S+]([O-])CCc2ccccc2I)OC[C@H]1OC(C)=O. The van der Waals surface area contributed by atoms with Crippen molar-refractivity contribution in [3.8, 4) is 0 Å². The van der Waals surface area contributed by atoms with Crippen molar-refractivity contribution in [1.29, 1.82) is 0 Å². The summed E-state index contributed by atoms with van der Waals surface area (Å²) >= 11 is 0.647. The van der Waals surface area contributed by atoms with Crippen LogP contribution in [0.4, 0.5) is 0 Å². The Morgan fingerprint density at radius 3 is 2.24 bits per heavy atom. The quantitative estimate of drug-likeness (QED) is 0.224. The molecule has 1 heterocycles. The third-order valence-electron chi connectivity index (χ3n) is 4.09. The summed E-state index contributed by atoms with van der Waals surface area (Å²) in [5.41, 5.74) is 0.0204. The lowest BCUT2D eigenvalue weighted by atomic mass is 10.1. The van der Waals surface area contributed by atoms with E-state index in [1.165, 1.54) is 20.8 Å². The minimum absolute atomic E-state index is 0.130. The minimum Gasteiger partial charge on any atom is -0.614 e. The molecule has 0 bridgehead atoms. The van der Waals surface area contributed by atoms with Crippen LogP contribution in [0.25, 0.3) is 0 Å². The number of rotatable bonds is 7. The van der Waals surface area contributed by atoms with E-state index in [9.17, 15) is 18.9 Å². The van der Waals surface area contributed by atoms with Gasteiger partial charge in [0.25, 0.3) is 5.44 Å². The average Bonchev–Trinajstić information content (AvgIpc) is 2.62. The number of esters is 3. The Hall–Kier alpha value is -1.37. The maximum Gasteiger partial charge on any atom is 0.303 e. The molecule has 29 heavy (non-hydrogen) atoms. The van der Waals surface area contributed by atoms with Crippen molar-refractivity contribution in [3.63, 3.8) is 0 Å². The van der Waals surface area contributed by atoms with Crippen LogP contribution in [-0.2, 0) is 50.9 Å². The third-order valence-corrected chi connectivity index (χ3v) is 6.68. The van der Waals surface area contributed by atoms with Crippen molar-refractivity contribution in [2.45, 2.75) is 50.9 Å². The van der Waals surface area contributed by atoms with Gasteiger partial charge in [-0.05, 0) is 45.4 Å². The summed E-state index contributed by atoms with van der Waals surface area (Å²) < 4.78 is 35.4. The second kappa shape index (κ2) is 11.1. The lowest BCUT2D eigenvalue weighted by Crippen LogP contribution is -2.59. The number of halogens is 1. The smallest absolute Gasteiger partial charge is 0.303 e. The fourth-order valence-electron chi connectivity index (χ4n) is 2.96. The van der Waals surface area contributed by atoms with E-state index in [0.717, 1.165) is 9.13 Å². The summed E-state index contributed by atoms with van der Waals surface area (Å²) in [6, 6.07) is 7.72. The van der Waals surface area contributed by atoms with Gasteiger partial charge in [-0.15, -0.1) is 0 Å². The highest BCUT2D eigenvalue weighted by Crippen LogP contribution is 2.28. The minimum atomic E-state index is -1.56. The molecule has 0 N–H and O–H groups in total. The first kappa shape index (κ1) is 23.9. The Labute approximate surface area is 185 Å². The maximum atomic E-state index is 13.0. The van der Waals surface area contributed by atoms with Crippen LogP contribution in [0.1, 0.15) is 26.3 Å². The molecule has 2 unspecified atom stereocenters.